The molecule has 0 unspecified atom stereocenters. The zero-order chi connectivity index (χ0) is 14.7. The topological polar surface area (TPSA) is 65.0 Å². The first-order valence-corrected chi connectivity index (χ1v) is 8.79. The molecular weight excluding hydrogens is 350 g/mol. The summed E-state index contributed by atoms with van der Waals surface area (Å²) in [5, 5.41) is 10.6. The van der Waals surface area contributed by atoms with E-state index >= 15 is 0 Å². The van der Waals surface area contributed by atoms with Crippen molar-refractivity contribution in [1.82, 2.24) is 14.6 Å². The van der Waals surface area contributed by atoms with Crippen LogP contribution in [-0.2, 0) is 22.6 Å². The van der Waals surface area contributed by atoms with Crippen LogP contribution in [-0.4, -0.2) is 20.5 Å². The van der Waals surface area contributed by atoms with Crippen LogP contribution in [0.15, 0.2) is 22.2 Å². The average molecular weight is 358 g/mol. The van der Waals surface area contributed by atoms with Crippen LogP contribution in [0.1, 0.15) is 11.4 Å². The Balaban J connectivity index is 1.57. The maximum Gasteiger partial charge on any atom is 0.312 e. The quantitative estimate of drug-likeness (QED) is 0.652. The average Bonchev–Trinajstić information content (AvgIpc) is 3.17. The number of thiazole rings is 1. The summed E-state index contributed by atoms with van der Waals surface area (Å²) in [4.78, 5) is 16.2. The molecule has 0 aliphatic carbocycles. The number of ether oxygens (including phenoxy) is 1. The Kier molecular flexibility index (Phi) is 4.59. The number of nitrogens with zero attached hydrogens (tertiary/aromatic N) is 3. The normalized spacial score (nSPS) is 10.7. The first-order valence-electron chi connectivity index (χ1n) is 5.81. The van der Waals surface area contributed by atoms with Crippen LogP contribution in [0.3, 0.4) is 0 Å². The fraction of sp³-hybridized carbons (Fsp3) is 0.167. The maximum atomic E-state index is 11.8. The molecule has 0 N–H and O–H groups in total. The van der Waals surface area contributed by atoms with Gasteiger partial charge in [-0.1, -0.05) is 16.1 Å². The highest BCUT2D eigenvalue weighted by atomic mass is 35.5. The summed E-state index contributed by atoms with van der Waals surface area (Å²) in [6.45, 7) is 0.0374. The molecule has 0 aliphatic rings. The molecule has 108 valence electrons. The monoisotopic (exact) mass is 357 g/mol. The minimum absolute atomic E-state index is 0.0374. The van der Waals surface area contributed by atoms with Crippen LogP contribution in [0.2, 0.25) is 4.34 Å². The Bertz CT molecular complexity index is 739. The molecule has 0 spiro atoms. The second kappa shape index (κ2) is 6.61. The lowest BCUT2D eigenvalue weighted by atomic mass is 10.3. The summed E-state index contributed by atoms with van der Waals surface area (Å²) >= 11 is 10.0. The first-order chi connectivity index (χ1) is 10.2. The second-order valence-corrected chi connectivity index (χ2v) is 6.98. The van der Waals surface area contributed by atoms with Crippen LogP contribution in [0.4, 0.5) is 0 Å². The Morgan fingerprint density at radius 3 is 3.00 bits per heavy atom. The SMILES string of the molecule is O=C(Cc1csc(-c2ccsc2)n1)OCc1nnsc1Cl. The van der Waals surface area contributed by atoms with Gasteiger partial charge in [0.15, 0.2) is 0 Å². The van der Waals surface area contributed by atoms with E-state index in [1.54, 1.807) is 11.3 Å². The van der Waals surface area contributed by atoms with Crippen LogP contribution >= 0.6 is 45.8 Å². The molecule has 0 aromatic carbocycles. The van der Waals surface area contributed by atoms with Gasteiger partial charge >= 0.3 is 5.97 Å². The zero-order valence-corrected chi connectivity index (χ0v) is 13.7. The summed E-state index contributed by atoms with van der Waals surface area (Å²) in [6, 6.07) is 2.00. The smallest absolute Gasteiger partial charge is 0.312 e. The summed E-state index contributed by atoms with van der Waals surface area (Å²) < 4.78 is 9.23. The standard InChI is InChI=1S/C12H8ClN3O2S3/c13-11-9(15-16-21-11)4-18-10(17)3-8-6-20-12(14-8)7-1-2-19-5-7/h1-2,5-6H,3-4H2. The molecule has 0 aliphatic heterocycles. The van der Waals surface area contributed by atoms with E-state index in [0.29, 0.717) is 15.7 Å². The molecule has 3 rings (SSSR count). The Morgan fingerprint density at radius 2 is 2.29 bits per heavy atom. The molecule has 0 saturated carbocycles. The first kappa shape index (κ1) is 14.6. The number of hydrogen-bond donors (Lipinski definition) is 0. The molecule has 0 radical (unpaired) electrons. The van der Waals surface area contributed by atoms with Gasteiger partial charge < -0.3 is 4.74 Å². The van der Waals surface area contributed by atoms with Crippen molar-refractivity contribution < 1.29 is 9.53 Å². The van der Waals surface area contributed by atoms with Crippen LogP contribution < -0.4 is 0 Å². The van der Waals surface area contributed by atoms with E-state index in [2.05, 4.69) is 14.6 Å². The van der Waals surface area contributed by atoms with Gasteiger partial charge in [0.1, 0.15) is 21.6 Å². The number of rotatable bonds is 5. The number of halogens is 1. The predicted molar refractivity (Wildman–Crippen MR) is 83.8 cm³/mol. The number of carbonyl (C=O) groups is 1. The van der Waals surface area contributed by atoms with E-state index in [1.165, 1.54) is 11.3 Å². The van der Waals surface area contributed by atoms with E-state index in [-0.39, 0.29) is 19.0 Å². The van der Waals surface area contributed by atoms with Gasteiger partial charge in [-0.2, -0.15) is 11.3 Å². The van der Waals surface area contributed by atoms with Gasteiger partial charge in [-0.25, -0.2) is 4.98 Å². The van der Waals surface area contributed by atoms with E-state index in [0.717, 1.165) is 22.1 Å². The van der Waals surface area contributed by atoms with Crippen molar-refractivity contribution in [3.8, 4) is 10.6 Å². The number of thiophene rings is 1. The molecular formula is C12H8ClN3O2S3. The molecule has 0 saturated heterocycles. The van der Waals surface area contributed by atoms with Crippen molar-refractivity contribution in [2.24, 2.45) is 0 Å². The number of carbonyl (C=O) groups excluding carboxylic acids is 1. The number of hydrogen-bond acceptors (Lipinski definition) is 8. The van der Waals surface area contributed by atoms with Crippen molar-refractivity contribution in [1.29, 1.82) is 0 Å². The van der Waals surface area contributed by atoms with Gasteiger partial charge in [0.2, 0.25) is 0 Å². The Hall–Kier alpha value is -1.35. The van der Waals surface area contributed by atoms with E-state index in [1.807, 2.05) is 22.2 Å². The summed E-state index contributed by atoms with van der Waals surface area (Å²) in [6.07, 6.45) is 0.135. The lowest BCUT2D eigenvalue weighted by molar-refractivity contribution is -0.144. The summed E-state index contributed by atoms with van der Waals surface area (Å²) in [5.74, 6) is -0.360. The highest BCUT2D eigenvalue weighted by Crippen LogP contribution is 2.26. The fourth-order valence-electron chi connectivity index (χ4n) is 1.54. The van der Waals surface area contributed by atoms with Crippen molar-refractivity contribution >= 4 is 51.8 Å². The highest BCUT2D eigenvalue weighted by molar-refractivity contribution is 7.14. The third kappa shape index (κ3) is 3.65. The molecule has 0 bridgehead atoms. The van der Waals surface area contributed by atoms with Gasteiger partial charge in [0.25, 0.3) is 0 Å². The van der Waals surface area contributed by atoms with Crippen molar-refractivity contribution in [3.63, 3.8) is 0 Å². The molecule has 0 amide bonds. The Morgan fingerprint density at radius 1 is 1.38 bits per heavy atom. The lowest BCUT2D eigenvalue weighted by Gasteiger charge is -2.00. The van der Waals surface area contributed by atoms with Gasteiger partial charge in [0, 0.05) is 27.9 Å². The van der Waals surface area contributed by atoms with E-state index in [4.69, 9.17) is 16.3 Å². The molecule has 0 fully saturated rings. The van der Waals surface area contributed by atoms with Crippen molar-refractivity contribution in [3.05, 3.63) is 37.9 Å². The van der Waals surface area contributed by atoms with Crippen molar-refractivity contribution in [2.75, 3.05) is 0 Å². The van der Waals surface area contributed by atoms with Crippen LogP contribution in [0, 0.1) is 0 Å². The van der Waals surface area contributed by atoms with E-state index in [9.17, 15) is 4.79 Å². The van der Waals surface area contributed by atoms with Gasteiger partial charge in [-0.05, 0) is 11.4 Å². The zero-order valence-electron chi connectivity index (χ0n) is 10.5. The molecule has 3 heterocycles. The largest absolute Gasteiger partial charge is 0.459 e. The maximum absolute atomic E-state index is 11.8. The summed E-state index contributed by atoms with van der Waals surface area (Å²) in [5.41, 5.74) is 2.26. The third-order valence-corrected chi connectivity index (χ3v) is 5.13. The minimum atomic E-state index is -0.360. The van der Waals surface area contributed by atoms with Gasteiger partial charge in [-0.15, -0.1) is 16.4 Å². The van der Waals surface area contributed by atoms with Crippen LogP contribution in [0.25, 0.3) is 10.6 Å². The molecule has 5 nitrogen and oxygen atoms in total. The van der Waals surface area contributed by atoms with E-state index < -0.39 is 0 Å². The summed E-state index contributed by atoms with van der Waals surface area (Å²) in [7, 11) is 0. The minimum Gasteiger partial charge on any atom is -0.459 e. The van der Waals surface area contributed by atoms with Crippen molar-refractivity contribution in [2.45, 2.75) is 13.0 Å². The molecule has 3 aromatic heterocycles. The highest BCUT2D eigenvalue weighted by Gasteiger charge is 2.12. The predicted octanol–water partition coefficient (Wildman–Crippen LogP) is 3.66. The van der Waals surface area contributed by atoms with Crippen LogP contribution in [0.5, 0.6) is 0 Å². The molecule has 0 atom stereocenters. The molecule has 21 heavy (non-hydrogen) atoms. The van der Waals surface area contributed by atoms with Gasteiger partial charge in [-0.3, -0.25) is 4.79 Å². The Labute approximate surface area is 137 Å². The number of esters is 1. The third-order valence-electron chi connectivity index (χ3n) is 2.52. The molecule has 9 heteroatoms. The second-order valence-electron chi connectivity index (χ2n) is 3.99. The fourth-order valence-corrected chi connectivity index (χ4v) is 3.67. The van der Waals surface area contributed by atoms with Gasteiger partial charge in [0.05, 0.1) is 12.1 Å². The number of aromatic nitrogens is 3. The lowest BCUT2D eigenvalue weighted by Crippen LogP contribution is -2.08. The molecule has 3 aromatic rings.